The van der Waals surface area contributed by atoms with Crippen LogP contribution in [0.15, 0.2) is 48.5 Å². The second-order valence-electron chi connectivity index (χ2n) is 6.98. The van der Waals surface area contributed by atoms with Crippen LogP contribution in [-0.4, -0.2) is 32.1 Å². The van der Waals surface area contributed by atoms with Crippen LogP contribution in [0.2, 0.25) is 0 Å². The van der Waals surface area contributed by atoms with E-state index in [1.165, 1.54) is 0 Å². The molecule has 0 fully saturated rings. The maximum absolute atomic E-state index is 13.5. The van der Waals surface area contributed by atoms with E-state index < -0.39 is 12.0 Å². The summed E-state index contributed by atoms with van der Waals surface area (Å²) in [7, 11) is 3.16. The lowest BCUT2D eigenvalue weighted by Crippen LogP contribution is -2.66. The van der Waals surface area contributed by atoms with E-state index in [2.05, 4.69) is 25.2 Å². The van der Waals surface area contributed by atoms with Crippen LogP contribution >= 0.6 is 0 Å². The van der Waals surface area contributed by atoms with Gasteiger partial charge in [0.2, 0.25) is 0 Å². The number of rotatable bonds is 5. The van der Waals surface area contributed by atoms with Gasteiger partial charge in [-0.3, -0.25) is 9.69 Å². The van der Waals surface area contributed by atoms with Crippen molar-refractivity contribution in [2.24, 2.45) is 0 Å². The largest absolute Gasteiger partial charge is 0.358 e. The molecule has 0 aromatic heterocycles. The Morgan fingerprint density at radius 1 is 1.00 bits per heavy atom. The maximum Gasteiger partial charge on any atom is 0.262 e. The van der Waals surface area contributed by atoms with Crippen molar-refractivity contribution in [1.29, 1.82) is 0 Å². The Bertz CT molecular complexity index is 801. The molecule has 1 aliphatic heterocycles. The molecule has 2 aromatic rings. The molecular formula is C21H26N2O3. The number of hydrogen-bond donors (Lipinski definition) is 1. The lowest BCUT2D eigenvalue weighted by Gasteiger charge is -2.49. The molecule has 0 saturated carbocycles. The Hall–Kier alpha value is -2.37. The molecule has 1 aliphatic rings. The molecule has 26 heavy (non-hydrogen) atoms. The van der Waals surface area contributed by atoms with Crippen LogP contribution in [-0.2, 0) is 9.47 Å². The van der Waals surface area contributed by atoms with E-state index >= 15 is 0 Å². The fourth-order valence-electron chi connectivity index (χ4n) is 3.70. The zero-order chi connectivity index (χ0) is 18.9. The van der Waals surface area contributed by atoms with Crippen LogP contribution in [0.3, 0.4) is 0 Å². The summed E-state index contributed by atoms with van der Waals surface area (Å²) in [5, 5.41) is 3.48. The van der Waals surface area contributed by atoms with Gasteiger partial charge in [-0.05, 0) is 36.6 Å². The number of fused-ring (bicyclic) bond motifs is 1. The van der Waals surface area contributed by atoms with Gasteiger partial charge in [-0.1, -0.05) is 44.2 Å². The highest BCUT2D eigenvalue weighted by Gasteiger charge is 2.49. The van der Waals surface area contributed by atoms with E-state index in [1.807, 2.05) is 49.4 Å². The SMILES string of the molecule is COC(OC)[C@@]1(C)Nc2ccccc2C(=O)N1c1ccccc1C(C)C. The summed E-state index contributed by atoms with van der Waals surface area (Å²) in [6.45, 7) is 6.17. The topological polar surface area (TPSA) is 50.8 Å². The number of carbonyl (C=O) groups is 1. The Kier molecular flexibility index (Phi) is 5.03. The number of anilines is 2. The molecule has 0 bridgehead atoms. The Labute approximate surface area is 154 Å². The molecule has 3 rings (SSSR count). The van der Waals surface area contributed by atoms with Crippen LogP contribution in [0.25, 0.3) is 0 Å². The van der Waals surface area contributed by atoms with Crippen molar-refractivity contribution in [2.45, 2.75) is 38.6 Å². The molecule has 138 valence electrons. The van der Waals surface area contributed by atoms with E-state index in [0.717, 1.165) is 16.9 Å². The van der Waals surface area contributed by atoms with Gasteiger partial charge in [-0.2, -0.15) is 0 Å². The van der Waals surface area contributed by atoms with Crippen molar-refractivity contribution in [1.82, 2.24) is 0 Å². The normalized spacial score (nSPS) is 19.7. The summed E-state index contributed by atoms with van der Waals surface area (Å²) in [6.07, 6.45) is -0.653. The van der Waals surface area contributed by atoms with Crippen LogP contribution in [0.4, 0.5) is 11.4 Å². The Morgan fingerprint density at radius 3 is 2.27 bits per heavy atom. The summed E-state index contributed by atoms with van der Waals surface area (Å²) >= 11 is 0. The standard InChI is InChI=1S/C21H26N2O3/c1-14(2)15-10-7-9-13-18(15)23-19(24)16-11-6-8-12-17(16)22-21(23,3)20(25-4)26-5/h6-14,20,22H,1-5H3/t21-/m0/s1. The molecule has 0 aliphatic carbocycles. The minimum atomic E-state index is -0.903. The van der Waals surface area contributed by atoms with Gasteiger partial charge in [0, 0.05) is 19.9 Å². The smallest absolute Gasteiger partial charge is 0.262 e. The summed E-state index contributed by atoms with van der Waals surface area (Å²) in [6, 6.07) is 15.5. The highest BCUT2D eigenvalue weighted by atomic mass is 16.7. The van der Waals surface area contributed by atoms with E-state index in [0.29, 0.717) is 5.56 Å². The predicted octanol–water partition coefficient (Wildman–Crippen LogP) is 4.22. The zero-order valence-electron chi connectivity index (χ0n) is 15.9. The molecule has 2 aromatic carbocycles. The van der Waals surface area contributed by atoms with Gasteiger partial charge in [0.25, 0.3) is 5.91 Å². The van der Waals surface area contributed by atoms with E-state index in [-0.39, 0.29) is 11.8 Å². The summed E-state index contributed by atoms with van der Waals surface area (Å²) in [5.74, 6) is 0.193. The first-order valence-electron chi connectivity index (χ1n) is 8.80. The number of methoxy groups -OCH3 is 2. The second-order valence-corrected chi connectivity index (χ2v) is 6.98. The summed E-state index contributed by atoms with van der Waals surface area (Å²) in [5.41, 5.74) is 2.46. The third-order valence-corrected chi connectivity index (χ3v) is 4.90. The molecule has 5 nitrogen and oxygen atoms in total. The van der Waals surface area contributed by atoms with Gasteiger partial charge >= 0.3 is 0 Å². The van der Waals surface area contributed by atoms with Crippen LogP contribution in [0.5, 0.6) is 0 Å². The van der Waals surface area contributed by atoms with Crippen molar-refractivity contribution in [3.63, 3.8) is 0 Å². The molecule has 0 unspecified atom stereocenters. The number of benzene rings is 2. The molecule has 1 N–H and O–H groups in total. The molecule has 0 radical (unpaired) electrons. The minimum Gasteiger partial charge on any atom is -0.358 e. The first-order chi connectivity index (χ1) is 12.4. The molecule has 1 atom stereocenters. The quantitative estimate of drug-likeness (QED) is 0.817. The van der Waals surface area contributed by atoms with Crippen molar-refractivity contribution in [2.75, 3.05) is 24.4 Å². The lowest BCUT2D eigenvalue weighted by atomic mass is 9.94. The Morgan fingerprint density at radius 2 is 1.62 bits per heavy atom. The third-order valence-electron chi connectivity index (χ3n) is 4.90. The van der Waals surface area contributed by atoms with Crippen LogP contribution < -0.4 is 10.2 Å². The second kappa shape index (κ2) is 7.09. The van der Waals surface area contributed by atoms with Gasteiger partial charge in [-0.15, -0.1) is 0 Å². The molecular weight excluding hydrogens is 328 g/mol. The van der Waals surface area contributed by atoms with Gasteiger partial charge < -0.3 is 14.8 Å². The minimum absolute atomic E-state index is 0.0750. The fraction of sp³-hybridized carbons (Fsp3) is 0.381. The van der Waals surface area contributed by atoms with Crippen LogP contribution in [0, 0.1) is 0 Å². The molecule has 5 heteroatoms. The number of para-hydroxylation sites is 2. The number of nitrogens with zero attached hydrogens (tertiary/aromatic N) is 1. The van der Waals surface area contributed by atoms with Gasteiger partial charge in [-0.25, -0.2) is 0 Å². The number of amides is 1. The number of hydrogen-bond acceptors (Lipinski definition) is 4. The first kappa shape index (κ1) is 18.4. The highest BCUT2D eigenvalue weighted by Crippen LogP contribution is 2.40. The van der Waals surface area contributed by atoms with Crippen molar-refractivity contribution < 1.29 is 14.3 Å². The van der Waals surface area contributed by atoms with E-state index in [9.17, 15) is 4.79 Å². The average Bonchev–Trinajstić information content (AvgIpc) is 2.63. The van der Waals surface area contributed by atoms with E-state index in [1.54, 1.807) is 19.1 Å². The van der Waals surface area contributed by atoms with Crippen molar-refractivity contribution in [3.8, 4) is 0 Å². The maximum atomic E-state index is 13.5. The van der Waals surface area contributed by atoms with Gasteiger partial charge in [0.1, 0.15) is 0 Å². The van der Waals surface area contributed by atoms with Gasteiger partial charge in [0.05, 0.1) is 11.3 Å². The molecule has 1 amide bonds. The highest BCUT2D eigenvalue weighted by molar-refractivity contribution is 6.13. The average molecular weight is 354 g/mol. The first-order valence-corrected chi connectivity index (χ1v) is 8.80. The number of carbonyl (C=O) groups excluding carboxylic acids is 1. The summed E-state index contributed by atoms with van der Waals surface area (Å²) in [4.78, 5) is 15.3. The van der Waals surface area contributed by atoms with Crippen molar-refractivity contribution in [3.05, 3.63) is 59.7 Å². The van der Waals surface area contributed by atoms with Crippen molar-refractivity contribution >= 4 is 17.3 Å². The lowest BCUT2D eigenvalue weighted by molar-refractivity contribution is -0.135. The molecule has 1 heterocycles. The number of nitrogens with one attached hydrogen (secondary N) is 1. The fourth-order valence-corrected chi connectivity index (χ4v) is 3.70. The summed E-state index contributed by atoms with van der Waals surface area (Å²) < 4.78 is 11.2. The predicted molar refractivity (Wildman–Crippen MR) is 104 cm³/mol. The Balaban J connectivity index is 2.24. The monoisotopic (exact) mass is 354 g/mol. The third kappa shape index (κ3) is 2.87. The zero-order valence-corrected chi connectivity index (χ0v) is 15.9. The van der Waals surface area contributed by atoms with Crippen LogP contribution in [0.1, 0.15) is 42.6 Å². The van der Waals surface area contributed by atoms with E-state index in [4.69, 9.17) is 9.47 Å². The molecule has 0 saturated heterocycles. The number of ether oxygens (including phenoxy) is 2. The molecule has 0 spiro atoms. The van der Waals surface area contributed by atoms with Gasteiger partial charge in [0.15, 0.2) is 12.0 Å².